The van der Waals surface area contributed by atoms with Crippen LogP contribution in [0.3, 0.4) is 0 Å². The van der Waals surface area contributed by atoms with Crippen molar-refractivity contribution < 1.29 is 28.1 Å². The quantitative estimate of drug-likeness (QED) is 0.0228. The van der Waals surface area contributed by atoms with E-state index in [4.69, 9.17) is 5.11 Å². The van der Waals surface area contributed by atoms with Gasteiger partial charge in [0, 0.05) is 41.1 Å². The summed E-state index contributed by atoms with van der Waals surface area (Å²) in [5.41, 5.74) is 30.9. The molecular weight excluding hydrogens is 1380 g/mol. The Hall–Kier alpha value is -8.30. The van der Waals surface area contributed by atoms with Crippen LogP contribution in [0.2, 0.25) is 0 Å². The van der Waals surface area contributed by atoms with Crippen LogP contribution in [-0.2, 0) is 23.0 Å². The van der Waals surface area contributed by atoms with E-state index in [-0.39, 0.29) is 35.2 Å². The van der Waals surface area contributed by atoms with Gasteiger partial charge in [-0.3, -0.25) is 4.79 Å². The van der Waals surface area contributed by atoms with Crippen molar-refractivity contribution in [3.63, 3.8) is 0 Å². The molecule has 0 bridgehead atoms. The van der Waals surface area contributed by atoms with Crippen molar-refractivity contribution in [1.82, 2.24) is 0 Å². The molecule has 4 nitrogen and oxygen atoms in total. The van der Waals surface area contributed by atoms with Crippen molar-refractivity contribution >= 4 is 26.7 Å². The van der Waals surface area contributed by atoms with Gasteiger partial charge in [-0.25, -0.2) is 0 Å². The van der Waals surface area contributed by atoms with Crippen molar-refractivity contribution in [3.05, 3.63) is 372 Å². The summed E-state index contributed by atoms with van der Waals surface area (Å²) in [5, 5.41) is 8.36. The van der Waals surface area contributed by atoms with Gasteiger partial charge in [0.2, 0.25) is 0 Å². The van der Waals surface area contributed by atoms with Crippen molar-refractivity contribution in [3.8, 4) is 0 Å². The number of hydrogen-bond acceptors (Lipinski definition) is 4. The number of carbonyl (C=O) groups is 1. The number of aliphatic hydroxyl groups excluding tert-OH is 1. The van der Waals surface area contributed by atoms with Gasteiger partial charge in [-0.15, -0.1) is 6.67 Å². The SMILES string of the molecule is CC(=O)C=C(C)O.Cc1cc(C(c2ccc(C(C)C)cc2)c2ccc(C(C)C)cc2)c(N2C=CN(c3c(C(c4ccc(C(C)C)cc4)c4ccc(C(C)C)cc4)cc(C)cc3C(c3ccc(C(C)C)cc3)c3ccc(C(C)C)cc3)[CH-]2)c(C(c2ccc(C(C)C)cc2)c2ccc(C(C)C)cc2)c1.[Cl][Pd+]. The van der Waals surface area contributed by atoms with E-state index >= 15 is 0 Å². The van der Waals surface area contributed by atoms with E-state index in [9.17, 15) is 4.79 Å². The zero-order chi connectivity index (χ0) is 75.4. The number of allylic oxidation sites excluding steroid dienone is 2. The molecule has 544 valence electrons. The molecule has 1 aliphatic rings. The fraction of sp³-hybridized carbons (Fsp3) is 0.327. The van der Waals surface area contributed by atoms with Gasteiger partial charge in [0.25, 0.3) is 0 Å². The van der Waals surface area contributed by atoms with E-state index in [1.165, 1.54) is 154 Å². The van der Waals surface area contributed by atoms with Gasteiger partial charge >= 0.3 is 27.7 Å². The molecule has 6 heteroatoms. The maximum absolute atomic E-state index is 10.0. The Labute approximate surface area is 641 Å². The van der Waals surface area contributed by atoms with Crippen LogP contribution in [0.25, 0.3) is 0 Å². The number of aryl methyl sites for hydroxylation is 2. The van der Waals surface area contributed by atoms with Crippen LogP contribution in [0.15, 0.2) is 243 Å². The average molecular weight is 1490 g/mol. The summed E-state index contributed by atoms with van der Waals surface area (Å²) in [4.78, 5) is 15.0. The van der Waals surface area contributed by atoms with Crippen LogP contribution >= 0.6 is 9.53 Å². The molecule has 1 N–H and O–H groups in total. The molecule has 0 radical (unpaired) electrons. The summed E-state index contributed by atoms with van der Waals surface area (Å²) < 4.78 is 0. The van der Waals surface area contributed by atoms with E-state index in [0.29, 0.717) is 47.3 Å². The first-order chi connectivity index (χ1) is 49.6. The fourth-order valence-electron chi connectivity index (χ4n) is 14.9. The van der Waals surface area contributed by atoms with Crippen LogP contribution in [-0.4, -0.2) is 10.9 Å². The summed E-state index contributed by atoms with van der Waals surface area (Å²) >= 11 is 2.22. The van der Waals surface area contributed by atoms with Gasteiger partial charge in [-0.05, 0) is 199 Å². The normalized spacial score (nSPS) is 12.6. The Kier molecular flexibility index (Phi) is 27.7. The topological polar surface area (TPSA) is 43.8 Å². The molecule has 0 unspecified atom stereocenters. The third kappa shape index (κ3) is 19.2. The monoisotopic (exact) mass is 1490 g/mol. The van der Waals surface area contributed by atoms with Crippen molar-refractivity contribution in [2.75, 3.05) is 9.80 Å². The number of ketones is 1. The van der Waals surface area contributed by atoms with Gasteiger partial charge in [-0.2, -0.15) is 0 Å². The van der Waals surface area contributed by atoms with E-state index in [0.717, 1.165) is 0 Å². The van der Waals surface area contributed by atoms with E-state index in [2.05, 4.69) is 400 Å². The molecule has 0 fully saturated rings. The fourth-order valence-corrected chi connectivity index (χ4v) is 14.9. The summed E-state index contributed by atoms with van der Waals surface area (Å²) in [5.74, 6) is 2.73. The molecule has 1 heterocycles. The van der Waals surface area contributed by atoms with E-state index in [1.54, 1.807) is 0 Å². The number of hydrogen-bond donors (Lipinski definition) is 1. The molecular formula is C98H113ClN2O2Pd. The molecule has 104 heavy (non-hydrogen) atoms. The second-order valence-corrected chi connectivity index (χ2v) is 31.5. The molecule has 0 saturated heterocycles. The first-order valence-corrected chi connectivity index (χ1v) is 39.8. The molecule has 11 rings (SSSR count). The Morgan fingerprint density at radius 1 is 0.308 bits per heavy atom. The Morgan fingerprint density at radius 3 is 0.567 bits per heavy atom. The molecule has 0 saturated carbocycles. The van der Waals surface area contributed by atoms with E-state index < -0.39 is 0 Å². The van der Waals surface area contributed by atoms with Gasteiger partial charge in [0.15, 0.2) is 5.78 Å². The zero-order valence-electron chi connectivity index (χ0n) is 65.5. The number of anilines is 2. The van der Waals surface area contributed by atoms with E-state index in [1.807, 2.05) is 0 Å². The Bertz CT molecular complexity index is 3740. The van der Waals surface area contributed by atoms with Crippen LogP contribution < -0.4 is 9.80 Å². The molecule has 0 aliphatic carbocycles. The van der Waals surface area contributed by atoms with Crippen molar-refractivity contribution in [2.24, 2.45) is 0 Å². The maximum atomic E-state index is 10.0. The molecule has 0 atom stereocenters. The second-order valence-electron chi connectivity index (χ2n) is 31.5. The van der Waals surface area contributed by atoms with Crippen molar-refractivity contribution in [1.29, 1.82) is 0 Å². The number of rotatable bonds is 23. The van der Waals surface area contributed by atoms with Crippen LogP contribution in [0.1, 0.15) is 318 Å². The Morgan fingerprint density at radius 2 is 0.452 bits per heavy atom. The first-order valence-electron chi connectivity index (χ1n) is 37.8. The molecule has 1 aliphatic heterocycles. The molecule has 0 spiro atoms. The minimum absolute atomic E-state index is 0.0625. The van der Waals surface area contributed by atoms with Gasteiger partial charge in [0.1, 0.15) is 0 Å². The third-order valence-corrected chi connectivity index (χ3v) is 20.9. The standard InChI is InChI=1S/C93H105N2.C5H8O2.ClH.Pd/c1-58(2)68-19-35-76(36-20-68)88(77-37-21-69(22-38-77)59(3)4)84-53-66(17)54-85(89(78-39-23-70(24-40-78)60(5)6)79-41-25-71(26-42-79)61(7)8)92(84)94-51-52-95(57-94)93-86(90(80-43-27-72(28-44-80)62(9)10)81-45-29-73(30-46-81)63(11)12)55-67(18)56-87(93)91(82-47-31-74(32-48-82)64(13)14)83-49-33-75(34-50-83)65(15)16;1-4(6)3-5(2)7;;/h19-65,88-91H,1-18H3;3,6H,1-2H3;1H;/q-1;;;+2/p-1. The summed E-state index contributed by atoms with van der Waals surface area (Å²) in [7, 11) is 4.49. The summed E-state index contributed by atoms with van der Waals surface area (Å²) in [6.45, 7) is 46.8. The molecule has 0 amide bonds. The number of aliphatic hydroxyl groups is 1. The van der Waals surface area contributed by atoms with Crippen LogP contribution in [0.4, 0.5) is 11.4 Å². The van der Waals surface area contributed by atoms with Gasteiger partial charge in [0.05, 0.1) is 5.76 Å². The summed E-state index contributed by atoms with van der Waals surface area (Å²) in [6.07, 6.45) is 5.92. The Balaban J connectivity index is 0.00000131. The predicted octanol–water partition coefficient (Wildman–Crippen LogP) is 27.7. The van der Waals surface area contributed by atoms with Gasteiger partial charge in [-0.1, -0.05) is 340 Å². The first kappa shape index (κ1) is 79.8. The van der Waals surface area contributed by atoms with Crippen molar-refractivity contribution in [2.45, 2.75) is 209 Å². The number of carbonyl (C=O) groups excluding carboxylic acids is 1. The van der Waals surface area contributed by atoms with Gasteiger partial charge < -0.3 is 14.9 Å². The molecule has 0 aromatic heterocycles. The predicted molar refractivity (Wildman–Crippen MR) is 442 cm³/mol. The molecule has 10 aromatic rings. The number of halogens is 1. The molecule has 10 aromatic carbocycles. The minimum atomic E-state index is -0.125. The average Bonchev–Trinajstić information content (AvgIpc) is 1.24. The number of benzene rings is 10. The van der Waals surface area contributed by atoms with Crippen LogP contribution in [0, 0.1) is 20.5 Å². The number of nitrogens with zero attached hydrogens (tertiary/aromatic N) is 2. The zero-order valence-corrected chi connectivity index (χ0v) is 67.8. The second kappa shape index (κ2) is 36.1. The van der Waals surface area contributed by atoms with Crippen LogP contribution in [0.5, 0.6) is 0 Å². The summed E-state index contributed by atoms with van der Waals surface area (Å²) in [6, 6.07) is 86.7. The third-order valence-electron chi connectivity index (χ3n) is 20.9.